The summed E-state index contributed by atoms with van der Waals surface area (Å²) in [5, 5.41) is 0. The monoisotopic (exact) mass is 239 g/mol. The summed E-state index contributed by atoms with van der Waals surface area (Å²) < 4.78 is 13.5. The van der Waals surface area contributed by atoms with Crippen LogP contribution in [0.5, 0.6) is 0 Å². The molecule has 0 aliphatic heterocycles. The fourth-order valence-electron chi connectivity index (χ4n) is 1.56. The van der Waals surface area contributed by atoms with E-state index in [1.54, 1.807) is 4.90 Å². The Hall–Kier alpha value is -1.49. The predicted molar refractivity (Wildman–Crippen MR) is 64.0 cm³/mol. The highest BCUT2D eigenvalue weighted by Gasteiger charge is 2.20. The number of amides is 1. The van der Waals surface area contributed by atoms with Crippen molar-refractivity contribution in [3.05, 3.63) is 29.8 Å². The molecule has 0 bridgehead atoms. The number of pyridine rings is 1. The summed E-state index contributed by atoms with van der Waals surface area (Å²) in [6.07, 6.45) is 3.17. The van der Waals surface area contributed by atoms with Gasteiger partial charge in [-0.25, -0.2) is 4.39 Å². The lowest BCUT2D eigenvalue weighted by Crippen LogP contribution is -2.38. The number of rotatable bonds is 5. The van der Waals surface area contributed by atoms with Crippen LogP contribution in [0, 0.1) is 5.82 Å². The topological polar surface area (TPSA) is 59.2 Å². The molecule has 0 spiro atoms. The van der Waals surface area contributed by atoms with Gasteiger partial charge in [0.05, 0.1) is 11.8 Å². The summed E-state index contributed by atoms with van der Waals surface area (Å²) in [5.74, 6) is -0.899. The van der Waals surface area contributed by atoms with E-state index < -0.39 is 5.82 Å². The maximum Gasteiger partial charge on any atom is 0.257 e. The van der Waals surface area contributed by atoms with Gasteiger partial charge in [0.1, 0.15) is 0 Å². The second kappa shape index (κ2) is 6.30. The van der Waals surface area contributed by atoms with E-state index in [0.29, 0.717) is 19.5 Å². The minimum atomic E-state index is -0.587. The maximum atomic E-state index is 13.5. The van der Waals surface area contributed by atoms with Gasteiger partial charge in [0.25, 0.3) is 5.91 Å². The Labute approximate surface area is 101 Å². The second-order valence-electron chi connectivity index (χ2n) is 4.09. The molecule has 0 aromatic carbocycles. The first-order valence-corrected chi connectivity index (χ1v) is 5.68. The van der Waals surface area contributed by atoms with Crippen molar-refractivity contribution in [3.8, 4) is 0 Å². The molecule has 1 aromatic rings. The van der Waals surface area contributed by atoms with Crippen molar-refractivity contribution in [2.45, 2.75) is 26.3 Å². The van der Waals surface area contributed by atoms with E-state index in [2.05, 4.69) is 4.98 Å². The molecule has 0 atom stereocenters. The Balaban J connectivity index is 2.88. The van der Waals surface area contributed by atoms with Gasteiger partial charge in [0.15, 0.2) is 5.82 Å². The standard InChI is InChI=1S/C12H18FN3O/c1-9(2)16(7-3-5-14)12(17)10-4-6-15-8-11(10)13/h4,6,8-9H,3,5,7,14H2,1-2H3. The highest BCUT2D eigenvalue weighted by atomic mass is 19.1. The van der Waals surface area contributed by atoms with Gasteiger partial charge >= 0.3 is 0 Å². The van der Waals surface area contributed by atoms with Crippen LogP contribution in [-0.4, -0.2) is 34.9 Å². The number of halogens is 1. The highest BCUT2D eigenvalue weighted by Crippen LogP contribution is 2.11. The van der Waals surface area contributed by atoms with Gasteiger partial charge in [0, 0.05) is 18.8 Å². The van der Waals surface area contributed by atoms with Crippen molar-refractivity contribution in [3.63, 3.8) is 0 Å². The van der Waals surface area contributed by atoms with Crippen LogP contribution in [0.2, 0.25) is 0 Å². The Morgan fingerprint density at radius 1 is 1.59 bits per heavy atom. The molecule has 4 nitrogen and oxygen atoms in total. The zero-order valence-electron chi connectivity index (χ0n) is 10.2. The molecule has 0 unspecified atom stereocenters. The Morgan fingerprint density at radius 3 is 2.82 bits per heavy atom. The van der Waals surface area contributed by atoms with E-state index in [9.17, 15) is 9.18 Å². The first-order chi connectivity index (χ1) is 8.07. The lowest BCUT2D eigenvalue weighted by molar-refractivity contribution is 0.0700. The molecule has 0 aliphatic rings. The first-order valence-electron chi connectivity index (χ1n) is 5.68. The molecule has 1 rings (SSSR count). The van der Waals surface area contributed by atoms with Crippen LogP contribution in [-0.2, 0) is 0 Å². The minimum absolute atomic E-state index is 0.0154. The summed E-state index contributed by atoms with van der Waals surface area (Å²) in [4.78, 5) is 17.4. The van der Waals surface area contributed by atoms with Crippen molar-refractivity contribution in [1.29, 1.82) is 0 Å². The molecule has 2 N–H and O–H groups in total. The van der Waals surface area contributed by atoms with Crippen molar-refractivity contribution >= 4 is 5.91 Å². The van der Waals surface area contributed by atoms with Gasteiger partial charge < -0.3 is 10.6 Å². The van der Waals surface area contributed by atoms with Gasteiger partial charge in [-0.2, -0.15) is 0 Å². The number of hydrogen-bond acceptors (Lipinski definition) is 3. The Kier molecular flexibility index (Phi) is 5.03. The van der Waals surface area contributed by atoms with E-state index >= 15 is 0 Å². The zero-order chi connectivity index (χ0) is 12.8. The van der Waals surface area contributed by atoms with Crippen molar-refractivity contribution in [1.82, 2.24) is 9.88 Å². The molecule has 0 saturated heterocycles. The fraction of sp³-hybridized carbons (Fsp3) is 0.500. The largest absolute Gasteiger partial charge is 0.336 e. The molecule has 0 aliphatic carbocycles. The van der Waals surface area contributed by atoms with E-state index in [0.717, 1.165) is 6.20 Å². The number of aromatic nitrogens is 1. The molecule has 5 heteroatoms. The molecule has 17 heavy (non-hydrogen) atoms. The van der Waals surface area contributed by atoms with Crippen molar-refractivity contribution in [2.75, 3.05) is 13.1 Å². The van der Waals surface area contributed by atoms with Crippen LogP contribution in [0.1, 0.15) is 30.6 Å². The van der Waals surface area contributed by atoms with Crippen LogP contribution < -0.4 is 5.73 Å². The first kappa shape index (κ1) is 13.6. The molecule has 1 aromatic heterocycles. The third-order valence-corrected chi connectivity index (χ3v) is 2.49. The second-order valence-corrected chi connectivity index (χ2v) is 4.09. The van der Waals surface area contributed by atoms with Gasteiger partial charge in [0.2, 0.25) is 0 Å². The highest BCUT2D eigenvalue weighted by molar-refractivity contribution is 5.94. The summed E-state index contributed by atoms with van der Waals surface area (Å²) >= 11 is 0. The summed E-state index contributed by atoms with van der Waals surface area (Å²) in [6, 6.07) is 1.41. The third-order valence-electron chi connectivity index (χ3n) is 2.49. The minimum Gasteiger partial charge on any atom is -0.336 e. The molecule has 1 heterocycles. The Morgan fingerprint density at radius 2 is 2.29 bits per heavy atom. The van der Waals surface area contributed by atoms with Crippen LogP contribution in [0.15, 0.2) is 18.5 Å². The fourth-order valence-corrected chi connectivity index (χ4v) is 1.56. The summed E-state index contributed by atoms with van der Waals surface area (Å²) in [5.41, 5.74) is 5.48. The number of nitrogens with two attached hydrogens (primary N) is 1. The molecule has 94 valence electrons. The SMILES string of the molecule is CC(C)N(CCCN)C(=O)c1ccncc1F. The van der Waals surface area contributed by atoms with Crippen molar-refractivity contribution < 1.29 is 9.18 Å². The van der Waals surface area contributed by atoms with E-state index in [-0.39, 0.29) is 17.5 Å². The normalized spacial score (nSPS) is 10.6. The van der Waals surface area contributed by atoms with Crippen LogP contribution in [0.25, 0.3) is 0 Å². The van der Waals surface area contributed by atoms with Crippen molar-refractivity contribution in [2.24, 2.45) is 5.73 Å². The van der Waals surface area contributed by atoms with Crippen LogP contribution >= 0.6 is 0 Å². The van der Waals surface area contributed by atoms with Crippen LogP contribution in [0.4, 0.5) is 4.39 Å². The average molecular weight is 239 g/mol. The molecule has 1 amide bonds. The third kappa shape index (κ3) is 3.49. The lowest BCUT2D eigenvalue weighted by Gasteiger charge is -2.26. The quantitative estimate of drug-likeness (QED) is 0.845. The number of hydrogen-bond donors (Lipinski definition) is 1. The van der Waals surface area contributed by atoms with E-state index in [1.807, 2.05) is 13.8 Å². The Bertz CT molecular complexity index is 382. The van der Waals surface area contributed by atoms with Gasteiger partial charge in [-0.15, -0.1) is 0 Å². The molecular weight excluding hydrogens is 221 g/mol. The van der Waals surface area contributed by atoms with Crippen LogP contribution in [0.3, 0.4) is 0 Å². The van der Waals surface area contributed by atoms with E-state index in [4.69, 9.17) is 5.73 Å². The summed E-state index contributed by atoms with van der Waals surface area (Å²) in [6.45, 7) is 4.84. The number of carbonyl (C=O) groups is 1. The predicted octanol–water partition coefficient (Wildman–Crippen LogP) is 1.42. The molecule has 0 saturated carbocycles. The number of carbonyl (C=O) groups excluding carboxylic acids is 1. The summed E-state index contributed by atoms with van der Waals surface area (Å²) in [7, 11) is 0. The molecule has 0 fully saturated rings. The molecular formula is C12H18FN3O. The zero-order valence-corrected chi connectivity index (χ0v) is 10.2. The molecule has 0 radical (unpaired) electrons. The maximum absolute atomic E-state index is 13.5. The van der Waals surface area contributed by atoms with Gasteiger partial charge in [-0.1, -0.05) is 0 Å². The number of nitrogens with zero attached hydrogens (tertiary/aromatic N) is 2. The smallest absolute Gasteiger partial charge is 0.257 e. The average Bonchev–Trinajstić information content (AvgIpc) is 2.29. The van der Waals surface area contributed by atoms with Gasteiger partial charge in [-0.05, 0) is 32.9 Å². The van der Waals surface area contributed by atoms with Gasteiger partial charge in [-0.3, -0.25) is 9.78 Å². The lowest BCUT2D eigenvalue weighted by atomic mass is 10.2. The van der Waals surface area contributed by atoms with E-state index in [1.165, 1.54) is 12.3 Å².